The molecule has 0 radical (unpaired) electrons. The van der Waals surface area contributed by atoms with Crippen LogP contribution in [0.2, 0.25) is 0 Å². The second kappa shape index (κ2) is 8.52. The minimum atomic E-state index is -0.223. The van der Waals surface area contributed by atoms with Crippen molar-refractivity contribution in [2.24, 2.45) is 5.92 Å². The number of carbonyl (C=O) groups is 2. The molecule has 0 aliphatic carbocycles. The van der Waals surface area contributed by atoms with E-state index >= 15 is 0 Å². The zero-order chi connectivity index (χ0) is 17.3. The number of amides is 2. The van der Waals surface area contributed by atoms with Gasteiger partial charge in [0.05, 0.1) is 5.92 Å². The Labute approximate surface area is 163 Å². The van der Waals surface area contributed by atoms with Gasteiger partial charge in [0.2, 0.25) is 11.8 Å². The van der Waals surface area contributed by atoms with Crippen LogP contribution in [0.3, 0.4) is 0 Å². The molecular weight excluding hydrogens is 406 g/mol. The largest absolute Gasteiger partial charge is 0.338 e. The minimum absolute atomic E-state index is 0. The van der Waals surface area contributed by atoms with Crippen molar-refractivity contribution in [3.63, 3.8) is 0 Å². The molecular formula is C18H25BrClN3O2. The van der Waals surface area contributed by atoms with E-state index in [0.29, 0.717) is 13.0 Å². The van der Waals surface area contributed by atoms with E-state index in [1.807, 2.05) is 37.1 Å². The smallest absolute Gasteiger partial charge is 0.228 e. The molecule has 1 aromatic rings. The molecule has 2 aliphatic heterocycles. The summed E-state index contributed by atoms with van der Waals surface area (Å²) in [7, 11) is 1.91. The monoisotopic (exact) mass is 429 g/mol. The number of anilines is 1. The number of likely N-dealkylation sites (N-methyl/N-ethyl adjacent to an activating group) is 1. The first kappa shape index (κ1) is 20.2. The number of benzene rings is 1. The van der Waals surface area contributed by atoms with Crippen molar-refractivity contribution in [3.8, 4) is 0 Å². The van der Waals surface area contributed by atoms with E-state index in [9.17, 15) is 9.59 Å². The summed E-state index contributed by atoms with van der Waals surface area (Å²) in [6, 6.07) is 6.15. The van der Waals surface area contributed by atoms with Crippen LogP contribution in [0.5, 0.6) is 0 Å². The van der Waals surface area contributed by atoms with Gasteiger partial charge in [0.25, 0.3) is 0 Å². The summed E-state index contributed by atoms with van der Waals surface area (Å²) >= 11 is 3.48. The number of hydrogen-bond acceptors (Lipinski definition) is 3. The number of rotatable bonds is 4. The maximum atomic E-state index is 12.9. The van der Waals surface area contributed by atoms with Crippen LogP contribution in [0.25, 0.3) is 0 Å². The van der Waals surface area contributed by atoms with E-state index in [1.165, 1.54) is 0 Å². The first-order valence-electron chi connectivity index (χ1n) is 8.53. The highest BCUT2D eigenvalue weighted by Crippen LogP contribution is 2.30. The van der Waals surface area contributed by atoms with Crippen LogP contribution in [-0.2, 0) is 9.59 Å². The molecule has 0 saturated carbocycles. The molecule has 2 aliphatic rings. The topological polar surface area (TPSA) is 52.7 Å². The lowest BCUT2D eigenvalue weighted by atomic mass is 10.1. The van der Waals surface area contributed by atoms with Crippen LogP contribution in [0.1, 0.15) is 24.8 Å². The van der Waals surface area contributed by atoms with Gasteiger partial charge >= 0.3 is 0 Å². The van der Waals surface area contributed by atoms with Gasteiger partial charge in [-0.1, -0.05) is 15.9 Å². The molecule has 7 heteroatoms. The molecule has 0 spiro atoms. The van der Waals surface area contributed by atoms with Crippen LogP contribution in [-0.4, -0.2) is 49.4 Å². The summed E-state index contributed by atoms with van der Waals surface area (Å²) in [6.45, 7) is 4.13. The molecule has 1 N–H and O–H groups in total. The lowest BCUT2D eigenvalue weighted by molar-refractivity contribution is -0.136. The molecule has 138 valence electrons. The van der Waals surface area contributed by atoms with Crippen molar-refractivity contribution in [2.45, 2.75) is 32.2 Å². The van der Waals surface area contributed by atoms with Crippen molar-refractivity contribution in [2.75, 3.05) is 31.6 Å². The highest BCUT2D eigenvalue weighted by Gasteiger charge is 2.40. The normalized spacial score (nSPS) is 23.1. The number of likely N-dealkylation sites (tertiary alicyclic amines) is 1. The fourth-order valence-electron chi connectivity index (χ4n) is 3.73. The summed E-state index contributed by atoms with van der Waals surface area (Å²) in [5, 5.41) is 3.16. The Morgan fingerprint density at radius 1 is 1.40 bits per heavy atom. The van der Waals surface area contributed by atoms with Gasteiger partial charge < -0.3 is 15.1 Å². The Morgan fingerprint density at radius 3 is 2.84 bits per heavy atom. The lowest BCUT2D eigenvalue weighted by Crippen LogP contribution is -2.44. The van der Waals surface area contributed by atoms with Gasteiger partial charge in [-0.2, -0.15) is 0 Å². The van der Waals surface area contributed by atoms with Crippen LogP contribution in [0.4, 0.5) is 5.69 Å². The summed E-state index contributed by atoms with van der Waals surface area (Å²) < 4.78 is 1.03. The summed E-state index contributed by atoms with van der Waals surface area (Å²) in [5.41, 5.74) is 1.97. The molecule has 2 unspecified atom stereocenters. The van der Waals surface area contributed by atoms with Gasteiger partial charge in [-0.15, -0.1) is 12.4 Å². The molecule has 2 amide bonds. The summed E-state index contributed by atoms with van der Waals surface area (Å²) in [5.74, 6) is -0.0456. The van der Waals surface area contributed by atoms with Crippen molar-refractivity contribution in [1.82, 2.24) is 10.2 Å². The SMILES string of the molecule is CNCC1CCCN1C(=O)C1CC(=O)N(c2ccc(Br)c(C)c2)C1.Cl. The molecule has 5 nitrogen and oxygen atoms in total. The standard InChI is InChI=1S/C18H24BrN3O2.ClH/c1-12-8-14(5-6-16(12)19)22-11-13(9-17(22)23)18(24)21-7-3-4-15(21)10-20-2;/h5-6,8,13,15,20H,3-4,7,9-11H2,1-2H3;1H. The summed E-state index contributed by atoms with van der Waals surface area (Å²) in [4.78, 5) is 29.1. The third kappa shape index (κ3) is 4.18. The lowest BCUT2D eigenvalue weighted by Gasteiger charge is -2.27. The van der Waals surface area contributed by atoms with Crippen molar-refractivity contribution >= 4 is 45.8 Å². The first-order chi connectivity index (χ1) is 11.5. The third-order valence-electron chi connectivity index (χ3n) is 5.03. The van der Waals surface area contributed by atoms with Crippen molar-refractivity contribution < 1.29 is 9.59 Å². The Hall–Kier alpha value is -1.11. The van der Waals surface area contributed by atoms with Crippen LogP contribution in [0.15, 0.2) is 22.7 Å². The van der Waals surface area contributed by atoms with Gasteiger partial charge in [-0.05, 0) is 50.6 Å². The van der Waals surface area contributed by atoms with E-state index in [4.69, 9.17) is 0 Å². The number of nitrogens with zero attached hydrogens (tertiary/aromatic N) is 2. The van der Waals surface area contributed by atoms with E-state index in [1.54, 1.807) is 4.90 Å². The zero-order valence-corrected chi connectivity index (χ0v) is 17.0. The molecule has 1 aromatic carbocycles. The van der Waals surface area contributed by atoms with Crippen LogP contribution in [0, 0.1) is 12.8 Å². The van der Waals surface area contributed by atoms with Crippen LogP contribution >= 0.6 is 28.3 Å². The maximum absolute atomic E-state index is 12.9. The molecule has 2 saturated heterocycles. The fourth-order valence-corrected chi connectivity index (χ4v) is 3.97. The summed E-state index contributed by atoms with van der Waals surface area (Å²) in [6.07, 6.45) is 2.41. The van der Waals surface area contributed by atoms with E-state index in [2.05, 4.69) is 21.2 Å². The maximum Gasteiger partial charge on any atom is 0.228 e. The molecule has 0 bridgehead atoms. The Morgan fingerprint density at radius 2 is 2.16 bits per heavy atom. The van der Waals surface area contributed by atoms with Gasteiger partial charge in [0, 0.05) is 42.3 Å². The average molecular weight is 431 g/mol. The van der Waals surface area contributed by atoms with Gasteiger partial charge in [0.15, 0.2) is 0 Å². The fraction of sp³-hybridized carbons (Fsp3) is 0.556. The van der Waals surface area contributed by atoms with Crippen LogP contribution < -0.4 is 10.2 Å². The second-order valence-corrected chi connectivity index (χ2v) is 7.58. The Kier molecular flexibility index (Phi) is 6.88. The van der Waals surface area contributed by atoms with Crippen molar-refractivity contribution in [1.29, 1.82) is 0 Å². The second-order valence-electron chi connectivity index (χ2n) is 6.72. The van der Waals surface area contributed by atoms with E-state index in [-0.39, 0.29) is 36.2 Å². The van der Waals surface area contributed by atoms with Gasteiger partial charge in [0.1, 0.15) is 0 Å². The number of hydrogen-bond donors (Lipinski definition) is 1. The van der Waals surface area contributed by atoms with E-state index < -0.39 is 0 Å². The molecule has 25 heavy (non-hydrogen) atoms. The minimum Gasteiger partial charge on any atom is -0.338 e. The van der Waals surface area contributed by atoms with Crippen molar-refractivity contribution in [3.05, 3.63) is 28.2 Å². The van der Waals surface area contributed by atoms with Gasteiger partial charge in [-0.3, -0.25) is 9.59 Å². The molecule has 0 aromatic heterocycles. The molecule has 3 rings (SSSR count). The van der Waals surface area contributed by atoms with E-state index in [0.717, 1.165) is 41.7 Å². The molecule has 2 heterocycles. The number of carbonyl (C=O) groups excluding carboxylic acids is 2. The predicted molar refractivity (Wildman–Crippen MR) is 105 cm³/mol. The first-order valence-corrected chi connectivity index (χ1v) is 9.32. The predicted octanol–water partition coefficient (Wildman–Crippen LogP) is 2.74. The third-order valence-corrected chi connectivity index (χ3v) is 5.92. The Balaban J connectivity index is 0.00000225. The quantitative estimate of drug-likeness (QED) is 0.799. The van der Waals surface area contributed by atoms with Gasteiger partial charge in [-0.25, -0.2) is 0 Å². The highest BCUT2D eigenvalue weighted by atomic mass is 79.9. The zero-order valence-electron chi connectivity index (χ0n) is 14.6. The number of halogens is 2. The molecule has 2 atom stereocenters. The highest BCUT2D eigenvalue weighted by molar-refractivity contribution is 9.10. The molecule has 2 fully saturated rings. The number of nitrogens with one attached hydrogen (secondary N) is 1. The number of aryl methyl sites for hydroxylation is 1. The average Bonchev–Trinajstić information content (AvgIpc) is 3.17. The Bertz CT molecular complexity index is 655.